The van der Waals surface area contributed by atoms with Crippen molar-refractivity contribution in [3.8, 4) is 0 Å². The molecule has 1 aliphatic rings. The van der Waals surface area contributed by atoms with Crippen LogP contribution in [0.5, 0.6) is 0 Å². The van der Waals surface area contributed by atoms with E-state index in [2.05, 4.69) is 15.9 Å². The Morgan fingerprint density at radius 2 is 2.16 bits per heavy atom. The van der Waals surface area contributed by atoms with Crippen LogP contribution in [0, 0.1) is 16.0 Å². The topological polar surface area (TPSA) is 80.5 Å². The lowest BCUT2D eigenvalue weighted by atomic mass is 10.1. The summed E-state index contributed by atoms with van der Waals surface area (Å²) >= 11 is 3.22. The number of nitro benzene ring substituents is 1. The second kappa shape index (κ2) is 5.08. The van der Waals surface area contributed by atoms with Crippen LogP contribution in [0.15, 0.2) is 22.7 Å². The number of carbonyl (C=O) groups is 2. The minimum atomic E-state index is -0.497. The lowest BCUT2D eigenvalue weighted by Crippen LogP contribution is -2.29. The molecule has 1 saturated heterocycles. The fourth-order valence-electron chi connectivity index (χ4n) is 1.96. The first-order valence-corrected chi connectivity index (χ1v) is 6.46. The van der Waals surface area contributed by atoms with Crippen LogP contribution in [0.2, 0.25) is 0 Å². The Kier molecular flexibility index (Phi) is 3.66. The van der Waals surface area contributed by atoms with Crippen LogP contribution in [0.4, 0.5) is 5.69 Å². The first kappa shape index (κ1) is 13.7. The fourth-order valence-corrected chi connectivity index (χ4v) is 2.45. The van der Waals surface area contributed by atoms with Gasteiger partial charge >= 0.3 is 0 Å². The Morgan fingerprint density at radius 1 is 1.47 bits per heavy atom. The van der Waals surface area contributed by atoms with Crippen LogP contribution in [0.1, 0.15) is 18.9 Å². The third kappa shape index (κ3) is 2.65. The van der Waals surface area contributed by atoms with Gasteiger partial charge in [0.2, 0.25) is 11.8 Å². The standard InChI is InChI=1S/C12H11BrN2O4/c1-7-4-11(16)14(12(7)17)6-8-2-3-9(15(18)19)5-10(8)13/h2-3,5,7H,4,6H2,1H3/t7-/m1/s1. The van der Waals surface area contributed by atoms with Gasteiger partial charge in [0.05, 0.1) is 11.5 Å². The highest BCUT2D eigenvalue weighted by atomic mass is 79.9. The van der Waals surface area contributed by atoms with Gasteiger partial charge in [-0.05, 0) is 11.6 Å². The SMILES string of the molecule is C[C@@H]1CC(=O)N(Cc2ccc([N+](=O)[O-])cc2Br)C1=O. The van der Waals surface area contributed by atoms with Crippen LogP contribution in [0.25, 0.3) is 0 Å². The van der Waals surface area contributed by atoms with Gasteiger partial charge in [-0.1, -0.05) is 22.9 Å². The smallest absolute Gasteiger partial charge is 0.270 e. The molecule has 19 heavy (non-hydrogen) atoms. The summed E-state index contributed by atoms with van der Waals surface area (Å²) in [6.45, 7) is 1.85. The summed E-state index contributed by atoms with van der Waals surface area (Å²) in [7, 11) is 0. The number of halogens is 1. The van der Waals surface area contributed by atoms with Crippen molar-refractivity contribution in [3.05, 3.63) is 38.3 Å². The monoisotopic (exact) mass is 326 g/mol. The summed E-state index contributed by atoms with van der Waals surface area (Å²) in [5.74, 6) is -0.692. The quantitative estimate of drug-likeness (QED) is 0.484. The highest BCUT2D eigenvalue weighted by Gasteiger charge is 2.35. The predicted octanol–water partition coefficient (Wildman–Crippen LogP) is 2.25. The number of nitrogens with zero attached hydrogens (tertiary/aromatic N) is 2. The van der Waals surface area contributed by atoms with E-state index in [1.807, 2.05) is 0 Å². The van der Waals surface area contributed by atoms with E-state index >= 15 is 0 Å². The molecule has 1 heterocycles. The highest BCUT2D eigenvalue weighted by Crippen LogP contribution is 2.27. The number of imide groups is 1. The van der Waals surface area contributed by atoms with Gasteiger partial charge < -0.3 is 0 Å². The van der Waals surface area contributed by atoms with Gasteiger partial charge in [-0.3, -0.25) is 24.6 Å². The molecule has 0 saturated carbocycles. The first-order valence-electron chi connectivity index (χ1n) is 5.67. The second-order valence-corrected chi connectivity index (χ2v) is 5.31. The number of likely N-dealkylation sites (tertiary alicyclic amines) is 1. The Morgan fingerprint density at radius 3 is 2.63 bits per heavy atom. The molecule has 6 nitrogen and oxygen atoms in total. The molecule has 1 atom stereocenters. The Hall–Kier alpha value is -1.76. The van der Waals surface area contributed by atoms with Crippen molar-refractivity contribution in [1.82, 2.24) is 4.90 Å². The molecule has 7 heteroatoms. The third-order valence-corrected chi connectivity index (χ3v) is 3.78. The number of hydrogen-bond donors (Lipinski definition) is 0. The van der Waals surface area contributed by atoms with Crippen LogP contribution in [-0.4, -0.2) is 21.6 Å². The van der Waals surface area contributed by atoms with Gasteiger partial charge in [0.15, 0.2) is 0 Å². The van der Waals surface area contributed by atoms with E-state index in [-0.39, 0.29) is 36.4 Å². The molecule has 0 bridgehead atoms. The van der Waals surface area contributed by atoms with Crippen LogP contribution < -0.4 is 0 Å². The third-order valence-electron chi connectivity index (χ3n) is 3.05. The van der Waals surface area contributed by atoms with Gasteiger partial charge in [0.25, 0.3) is 5.69 Å². The van der Waals surface area contributed by atoms with E-state index in [1.54, 1.807) is 13.0 Å². The maximum absolute atomic E-state index is 11.8. The molecule has 0 radical (unpaired) electrons. The zero-order valence-electron chi connectivity index (χ0n) is 10.1. The average Bonchev–Trinajstić information content (AvgIpc) is 2.58. The zero-order valence-corrected chi connectivity index (χ0v) is 11.7. The highest BCUT2D eigenvalue weighted by molar-refractivity contribution is 9.10. The predicted molar refractivity (Wildman–Crippen MR) is 70.1 cm³/mol. The Labute approximate surface area is 117 Å². The van der Waals surface area contributed by atoms with Crippen molar-refractivity contribution >= 4 is 33.4 Å². The minimum Gasteiger partial charge on any atom is -0.278 e. The van der Waals surface area contributed by atoms with Crippen molar-refractivity contribution in [3.63, 3.8) is 0 Å². The van der Waals surface area contributed by atoms with Crippen molar-refractivity contribution in [2.45, 2.75) is 19.9 Å². The van der Waals surface area contributed by atoms with Gasteiger partial charge in [-0.2, -0.15) is 0 Å². The maximum atomic E-state index is 11.8. The molecular formula is C12H11BrN2O4. The molecule has 1 fully saturated rings. The van der Waals surface area contributed by atoms with Gasteiger partial charge in [-0.15, -0.1) is 0 Å². The number of rotatable bonds is 3. The normalized spacial score (nSPS) is 19.1. The molecule has 100 valence electrons. The number of nitro groups is 1. The number of hydrogen-bond acceptors (Lipinski definition) is 4. The Bertz CT molecular complexity index is 573. The maximum Gasteiger partial charge on any atom is 0.270 e. The van der Waals surface area contributed by atoms with Crippen LogP contribution >= 0.6 is 15.9 Å². The lowest BCUT2D eigenvalue weighted by molar-refractivity contribution is -0.384. The number of carbonyl (C=O) groups excluding carboxylic acids is 2. The molecule has 1 aromatic carbocycles. The fraction of sp³-hybridized carbons (Fsp3) is 0.333. The largest absolute Gasteiger partial charge is 0.278 e. The molecule has 0 aromatic heterocycles. The molecule has 1 aliphatic heterocycles. The molecule has 0 unspecified atom stereocenters. The summed E-state index contributed by atoms with van der Waals surface area (Å²) in [5, 5.41) is 10.6. The van der Waals surface area contributed by atoms with E-state index in [4.69, 9.17) is 0 Å². The molecule has 0 N–H and O–H groups in total. The van der Waals surface area contributed by atoms with E-state index < -0.39 is 4.92 Å². The first-order chi connectivity index (χ1) is 8.90. The number of non-ortho nitro benzene ring substituents is 1. The number of amides is 2. The van der Waals surface area contributed by atoms with E-state index in [0.29, 0.717) is 10.0 Å². The molecule has 0 spiro atoms. The Balaban J connectivity index is 2.22. The second-order valence-electron chi connectivity index (χ2n) is 4.46. The van der Waals surface area contributed by atoms with E-state index in [9.17, 15) is 19.7 Å². The lowest BCUT2D eigenvalue weighted by Gasteiger charge is -2.15. The zero-order chi connectivity index (χ0) is 14.2. The summed E-state index contributed by atoms with van der Waals surface area (Å²) in [6, 6.07) is 4.27. The van der Waals surface area contributed by atoms with Crippen molar-refractivity contribution in [1.29, 1.82) is 0 Å². The van der Waals surface area contributed by atoms with Gasteiger partial charge in [0.1, 0.15) is 0 Å². The van der Waals surface area contributed by atoms with Crippen molar-refractivity contribution in [2.75, 3.05) is 0 Å². The number of benzene rings is 1. The van der Waals surface area contributed by atoms with E-state index in [1.165, 1.54) is 17.0 Å². The van der Waals surface area contributed by atoms with Crippen molar-refractivity contribution in [2.24, 2.45) is 5.92 Å². The molecule has 2 rings (SSSR count). The van der Waals surface area contributed by atoms with Crippen LogP contribution in [-0.2, 0) is 16.1 Å². The molecular weight excluding hydrogens is 316 g/mol. The van der Waals surface area contributed by atoms with Crippen LogP contribution in [0.3, 0.4) is 0 Å². The van der Waals surface area contributed by atoms with Gasteiger partial charge in [0, 0.05) is 28.9 Å². The summed E-state index contributed by atoms with van der Waals surface area (Å²) < 4.78 is 0.516. The summed E-state index contributed by atoms with van der Waals surface area (Å²) in [4.78, 5) is 34.8. The minimum absolute atomic E-state index is 0.0388. The summed E-state index contributed by atoms with van der Waals surface area (Å²) in [6.07, 6.45) is 0.226. The average molecular weight is 327 g/mol. The van der Waals surface area contributed by atoms with Crippen molar-refractivity contribution < 1.29 is 14.5 Å². The van der Waals surface area contributed by atoms with Gasteiger partial charge in [-0.25, -0.2) is 0 Å². The molecule has 2 amide bonds. The molecule has 0 aliphatic carbocycles. The summed E-state index contributed by atoms with van der Waals surface area (Å²) in [5.41, 5.74) is 0.629. The van der Waals surface area contributed by atoms with E-state index in [0.717, 1.165) is 0 Å². The molecule has 1 aromatic rings.